The number of rotatable bonds is 2. The lowest BCUT2D eigenvalue weighted by Crippen LogP contribution is -2.03. The first-order valence-electron chi connectivity index (χ1n) is 6.24. The number of hydrogen-bond acceptors (Lipinski definition) is 2. The number of carbonyl (C=O) groups is 1. The maximum absolute atomic E-state index is 12.0. The number of benzene rings is 2. The zero-order valence-electron chi connectivity index (χ0n) is 10.5. The Morgan fingerprint density at radius 3 is 2.63 bits per heavy atom. The van der Waals surface area contributed by atoms with Crippen molar-refractivity contribution in [3.05, 3.63) is 58.6 Å². The van der Waals surface area contributed by atoms with Crippen molar-refractivity contribution in [2.75, 3.05) is 0 Å². The van der Waals surface area contributed by atoms with E-state index in [4.69, 9.17) is 16.3 Å². The summed E-state index contributed by atoms with van der Waals surface area (Å²) >= 11 is 6.20. The summed E-state index contributed by atoms with van der Waals surface area (Å²) in [5, 5.41) is 0.484. The highest BCUT2D eigenvalue weighted by Gasteiger charge is 2.29. The lowest BCUT2D eigenvalue weighted by molar-refractivity contribution is 0.0946. The van der Waals surface area contributed by atoms with Gasteiger partial charge in [0.25, 0.3) is 0 Å². The monoisotopic (exact) mass is 272 g/mol. The standard InChI is InChI=1S/C16H13ClO2/c1-10-7-11-8-13(9-14(17)15(11)16(10)18)19-12-5-3-2-4-6-12/h2-6,8-10H,7H2,1H3. The molecule has 1 atom stereocenters. The Balaban J connectivity index is 1.96. The van der Waals surface area contributed by atoms with Gasteiger partial charge in [-0.25, -0.2) is 0 Å². The third-order valence-electron chi connectivity index (χ3n) is 3.34. The Kier molecular flexibility index (Phi) is 3.03. The molecule has 2 aromatic carbocycles. The number of hydrogen-bond donors (Lipinski definition) is 0. The second-order valence-corrected chi connectivity index (χ2v) is 5.23. The summed E-state index contributed by atoms with van der Waals surface area (Å²) < 4.78 is 5.76. The molecule has 1 aliphatic carbocycles. The SMILES string of the molecule is CC1Cc2cc(Oc3ccccc3)cc(Cl)c2C1=O. The third kappa shape index (κ3) is 2.24. The van der Waals surface area contributed by atoms with E-state index in [9.17, 15) is 4.79 Å². The normalized spacial score (nSPS) is 17.4. The maximum atomic E-state index is 12.0. The first-order chi connectivity index (χ1) is 9.15. The molecule has 1 unspecified atom stereocenters. The molecule has 0 aromatic heterocycles. The predicted molar refractivity (Wildman–Crippen MR) is 75.2 cm³/mol. The second-order valence-electron chi connectivity index (χ2n) is 4.82. The topological polar surface area (TPSA) is 26.3 Å². The molecule has 0 radical (unpaired) electrons. The Morgan fingerprint density at radius 2 is 1.89 bits per heavy atom. The minimum atomic E-state index is 0.0134. The Bertz CT molecular complexity index is 635. The molecule has 19 heavy (non-hydrogen) atoms. The minimum absolute atomic E-state index is 0.0134. The van der Waals surface area contributed by atoms with Crippen LogP contribution in [0, 0.1) is 5.92 Å². The summed E-state index contributed by atoms with van der Waals surface area (Å²) in [6.07, 6.45) is 0.736. The van der Waals surface area contributed by atoms with E-state index in [0.29, 0.717) is 16.3 Å². The van der Waals surface area contributed by atoms with Gasteiger partial charge in [0.2, 0.25) is 0 Å². The van der Waals surface area contributed by atoms with E-state index in [1.807, 2.05) is 43.3 Å². The molecule has 0 heterocycles. The summed E-state index contributed by atoms with van der Waals surface area (Å²) in [6, 6.07) is 13.2. The first-order valence-corrected chi connectivity index (χ1v) is 6.62. The third-order valence-corrected chi connectivity index (χ3v) is 3.64. The van der Waals surface area contributed by atoms with Gasteiger partial charge in [0.1, 0.15) is 11.5 Å². The molecule has 1 aliphatic rings. The summed E-state index contributed by atoms with van der Waals surface area (Å²) in [5.41, 5.74) is 1.64. The highest BCUT2D eigenvalue weighted by molar-refractivity contribution is 6.34. The molecule has 0 saturated carbocycles. The van der Waals surface area contributed by atoms with Crippen LogP contribution in [0.15, 0.2) is 42.5 Å². The fourth-order valence-corrected chi connectivity index (χ4v) is 2.75. The predicted octanol–water partition coefficient (Wildman–Crippen LogP) is 4.51. The smallest absolute Gasteiger partial charge is 0.167 e. The molecule has 0 saturated heterocycles. The summed E-state index contributed by atoms with van der Waals surface area (Å²) in [4.78, 5) is 12.0. The molecular formula is C16H13ClO2. The maximum Gasteiger partial charge on any atom is 0.167 e. The molecular weight excluding hydrogens is 260 g/mol. The summed E-state index contributed by atoms with van der Waals surface area (Å²) in [7, 11) is 0. The molecule has 2 aromatic rings. The molecule has 0 amide bonds. The van der Waals surface area contributed by atoms with Crippen LogP contribution in [0.25, 0.3) is 0 Å². The molecule has 0 N–H and O–H groups in total. The van der Waals surface area contributed by atoms with Gasteiger partial charge in [-0.1, -0.05) is 36.7 Å². The first kappa shape index (κ1) is 12.2. The van der Waals surface area contributed by atoms with Gasteiger partial charge in [-0.05, 0) is 30.2 Å². The van der Waals surface area contributed by atoms with Crippen LogP contribution < -0.4 is 4.74 Å². The van der Waals surface area contributed by atoms with Gasteiger partial charge < -0.3 is 4.74 Å². The minimum Gasteiger partial charge on any atom is -0.457 e. The number of fused-ring (bicyclic) bond motifs is 1. The van der Waals surface area contributed by atoms with Gasteiger partial charge in [0.15, 0.2) is 5.78 Å². The fourth-order valence-electron chi connectivity index (χ4n) is 2.43. The van der Waals surface area contributed by atoms with Crippen LogP contribution in [0.5, 0.6) is 11.5 Å². The van der Waals surface area contributed by atoms with E-state index in [1.165, 1.54) is 0 Å². The Morgan fingerprint density at radius 1 is 1.16 bits per heavy atom. The van der Waals surface area contributed by atoms with E-state index in [1.54, 1.807) is 6.07 Å². The van der Waals surface area contributed by atoms with Crippen molar-refractivity contribution in [2.45, 2.75) is 13.3 Å². The Hall–Kier alpha value is -1.80. The number of ketones is 1. The highest BCUT2D eigenvalue weighted by Crippen LogP contribution is 2.36. The second kappa shape index (κ2) is 4.71. The lowest BCUT2D eigenvalue weighted by Gasteiger charge is -2.08. The van der Waals surface area contributed by atoms with Crippen LogP contribution in [0.1, 0.15) is 22.8 Å². The van der Waals surface area contributed by atoms with Gasteiger partial charge >= 0.3 is 0 Å². The van der Waals surface area contributed by atoms with Crippen LogP contribution >= 0.6 is 11.6 Å². The average molecular weight is 273 g/mol. The van der Waals surface area contributed by atoms with Gasteiger partial charge in [-0.3, -0.25) is 4.79 Å². The van der Waals surface area contributed by atoms with E-state index in [2.05, 4.69) is 0 Å². The quantitative estimate of drug-likeness (QED) is 0.804. The molecule has 0 bridgehead atoms. The number of ether oxygens (including phenoxy) is 1. The van der Waals surface area contributed by atoms with Crippen molar-refractivity contribution in [1.29, 1.82) is 0 Å². The number of carbonyl (C=O) groups excluding carboxylic acids is 1. The van der Waals surface area contributed by atoms with Crippen molar-refractivity contribution >= 4 is 17.4 Å². The molecule has 0 spiro atoms. The molecule has 3 rings (SSSR count). The number of halogens is 1. The van der Waals surface area contributed by atoms with E-state index in [-0.39, 0.29) is 11.7 Å². The molecule has 96 valence electrons. The van der Waals surface area contributed by atoms with Gasteiger partial charge in [-0.2, -0.15) is 0 Å². The van der Waals surface area contributed by atoms with Crippen molar-refractivity contribution in [3.8, 4) is 11.5 Å². The van der Waals surface area contributed by atoms with Crippen LogP contribution in [-0.4, -0.2) is 5.78 Å². The van der Waals surface area contributed by atoms with E-state index < -0.39 is 0 Å². The zero-order valence-corrected chi connectivity index (χ0v) is 11.3. The molecule has 3 heteroatoms. The Labute approximate surface area is 117 Å². The fraction of sp³-hybridized carbons (Fsp3) is 0.188. The zero-order chi connectivity index (χ0) is 13.4. The number of para-hydroxylation sites is 1. The van der Waals surface area contributed by atoms with E-state index in [0.717, 1.165) is 17.7 Å². The van der Waals surface area contributed by atoms with Gasteiger partial charge in [0.05, 0.1) is 5.02 Å². The number of Topliss-reactive ketones (excluding diaryl/α,β-unsaturated/α-hetero) is 1. The van der Waals surface area contributed by atoms with Crippen LogP contribution in [0.2, 0.25) is 5.02 Å². The van der Waals surface area contributed by atoms with Gasteiger partial charge in [0, 0.05) is 17.5 Å². The van der Waals surface area contributed by atoms with Crippen molar-refractivity contribution in [3.63, 3.8) is 0 Å². The summed E-state index contributed by atoms with van der Waals surface area (Å²) in [6.45, 7) is 1.93. The van der Waals surface area contributed by atoms with Crippen LogP contribution in [0.4, 0.5) is 0 Å². The molecule has 0 fully saturated rings. The van der Waals surface area contributed by atoms with Crippen molar-refractivity contribution in [2.24, 2.45) is 5.92 Å². The van der Waals surface area contributed by atoms with Crippen molar-refractivity contribution in [1.82, 2.24) is 0 Å². The summed E-state index contributed by atoms with van der Waals surface area (Å²) in [5.74, 6) is 1.58. The highest BCUT2D eigenvalue weighted by atomic mass is 35.5. The molecule has 2 nitrogen and oxygen atoms in total. The van der Waals surface area contributed by atoms with Crippen molar-refractivity contribution < 1.29 is 9.53 Å². The van der Waals surface area contributed by atoms with Crippen LogP contribution in [0.3, 0.4) is 0 Å². The lowest BCUT2D eigenvalue weighted by atomic mass is 10.1. The largest absolute Gasteiger partial charge is 0.457 e. The molecule has 0 aliphatic heterocycles. The average Bonchev–Trinajstić information content (AvgIpc) is 2.66. The van der Waals surface area contributed by atoms with Crippen LogP contribution in [-0.2, 0) is 6.42 Å². The van der Waals surface area contributed by atoms with E-state index >= 15 is 0 Å². The van der Waals surface area contributed by atoms with Gasteiger partial charge in [-0.15, -0.1) is 0 Å².